The molecule has 1 aromatic rings. The van der Waals surface area contributed by atoms with Gasteiger partial charge in [0.25, 0.3) is 0 Å². The molecule has 16 heavy (non-hydrogen) atoms. The molecule has 0 saturated heterocycles. The summed E-state index contributed by atoms with van der Waals surface area (Å²) in [6.45, 7) is 5.32. The molecule has 1 aromatic carbocycles. The number of benzene rings is 1. The van der Waals surface area contributed by atoms with Crippen molar-refractivity contribution in [3.8, 4) is 0 Å². The zero-order valence-electron chi connectivity index (χ0n) is 9.53. The smallest absolute Gasteiger partial charge is 0.212 e. The van der Waals surface area contributed by atoms with Crippen molar-refractivity contribution in [3.63, 3.8) is 0 Å². The number of thioether (sulfide) groups is 1. The maximum Gasteiger partial charge on any atom is 0.238 e. The molecule has 1 rings (SSSR count). The van der Waals surface area contributed by atoms with E-state index in [4.69, 9.17) is 0 Å². The van der Waals surface area contributed by atoms with Gasteiger partial charge in [0.05, 0.1) is 0 Å². The third kappa shape index (κ3) is 3.19. The lowest BCUT2D eigenvalue weighted by molar-refractivity contribution is 0.202. The number of carbonyl (C=O) groups excluding carboxylic acids is 1. The summed E-state index contributed by atoms with van der Waals surface area (Å²) in [4.78, 5) is 14.2. The summed E-state index contributed by atoms with van der Waals surface area (Å²) in [6.07, 6.45) is 1.28. The maximum absolute atomic E-state index is 14.1. The molecule has 1 unspecified atom stereocenters. The molecule has 2 nitrogen and oxygen atoms in total. The van der Waals surface area contributed by atoms with Crippen LogP contribution in [0.4, 0.5) is 4.39 Å². The molecule has 0 saturated carbocycles. The summed E-state index contributed by atoms with van der Waals surface area (Å²) in [6, 6.07) is 7.05. The molecule has 0 aliphatic carbocycles. The van der Waals surface area contributed by atoms with Crippen molar-refractivity contribution in [2.75, 3.05) is 0 Å². The predicted molar refractivity (Wildman–Crippen MR) is 64.0 cm³/mol. The second kappa shape index (κ2) is 5.28. The van der Waals surface area contributed by atoms with E-state index in [1.165, 1.54) is 13.0 Å². The highest BCUT2D eigenvalue weighted by Gasteiger charge is 2.27. The molecule has 0 aliphatic rings. The van der Waals surface area contributed by atoms with Gasteiger partial charge in [0.15, 0.2) is 0 Å². The first kappa shape index (κ1) is 12.9. The van der Waals surface area contributed by atoms with Crippen molar-refractivity contribution in [2.24, 2.45) is 4.99 Å². The lowest BCUT2D eigenvalue weighted by Gasteiger charge is -2.18. The van der Waals surface area contributed by atoms with Gasteiger partial charge in [-0.1, -0.05) is 32.0 Å². The fourth-order valence-corrected chi connectivity index (χ4v) is 2.39. The van der Waals surface area contributed by atoms with Gasteiger partial charge in [-0.2, -0.15) is 4.99 Å². The van der Waals surface area contributed by atoms with E-state index < -0.39 is 5.79 Å². The highest BCUT2D eigenvalue weighted by molar-refractivity contribution is 8.00. The summed E-state index contributed by atoms with van der Waals surface area (Å²) in [7, 11) is 0. The van der Waals surface area contributed by atoms with E-state index >= 15 is 0 Å². The Balaban J connectivity index is 3.17. The lowest BCUT2D eigenvalue weighted by atomic mass is 10.1. The molecule has 0 N–H and O–H groups in total. The Morgan fingerprint density at radius 1 is 1.44 bits per heavy atom. The molecule has 0 bridgehead atoms. The van der Waals surface area contributed by atoms with Crippen molar-refractivity contribution in [3.05, 3.63) is 29.8 Å². The topological polar surface area (TPSA) is 29.4 Å². The molecule has 4 heteroatoms. The van der Waals surface area contributed by atoms with E-state index in [0.29, 0.717) is 10.8 Å². The van der Waals surface area contributed by atoms with E-state index in [0.717, 1.165) is 4.90 Å². The van der Waals surface area contributed by atoms with E-state index in [9.17, 15) is 9.18 Å². The van der Waals surface area contributed by atoms with E-state index in [2.05, 4.69) is 4.99 Å². The Kier molecular flexibility index (Phi) is 4.27. The Bertz CT molecular complexity index is 411. The van der Waals surface area contributed by atoms with Gasteiger partial charge in [0.2, 0.25) is 11.9 Å². The van der Waals surface area contributed by atoms with Crippen LogP contribution in [0.15, 0.2) is 34.2 Å². The minimum absolute atomic E-state index is 0.345. The standard InChI is InChI=1S/C12H14FNOS/c1-9(2)16-11-7-5-4-6-10(11)12(3,13)14-8-15/h4-7,9H,1-3H3. The van der Waals surface area contributed by atoms with Gasteiger partial charge in [0, 0.05) is 15.7 Å². The van der Waals surface area contributed by atoms with Crippen molar-refractivity contribution >= 4 is 17.8 Å². The van der Waals surface area contributed by atoms with Crippen LogP contribution in [0, 0.1) is 0 Å². The number of nitrogens with zero attached hydrogens (tertiary/aromatic N) is 1. The molecule has 86 valence electrons. The van der Waals surface area contributed by atoms with Crippen molar-refractivity contribution in [1.29, 1.82) is 0 Å². The first-order chi connectivity index (χ1) is 7.47. The number of hydrogen-bond donors (Lipinski definition) is 0. The largest absolute Gasteiger partial charge is 0.238 e. The molecule has 0 amide bonds. The fourth-order valence-electron chi connectivity index (χ4n) is 1.35. The second-order valence-electron chi connectivity index (χ2n) is 3.82. The number of hydrogen-bond acceptors (Lipinski definition) is 3. The molecular weight excluding hydrogens is 225 g/mol. The van der Waals surface area contributed by atoms with Gasteiger partial charge in [-0.05, 0) is 13.0 Å². The molecule has 0 radical (unpaired) electrons. The van der Waals surface area contributed by atoms with Crippen LogP contribution in [0.2, 0.25) is 0 Å². The number of aliphatic imine (C=N–C) groups is 1. The number of rotatable bonds is 4. The highest BCUT2D eigenvalue weighted by atomic mass is 32.2. The minimum atomic E-state index is -2.00. The van der Waals surface area contributed by atoms with Crippen LogP contribution < -0.4 is 0 Å². The molecular formula is C12H14FNOS. The first-order valence-electron chi connectivity index (χ1n) is 5.01. The van der Waals surface area contributed by atoms with Gasteiger partial charge in [0.1, 0.15) is 0 Å². The maximum atomic E-state index is 14.1. The molecule has 0 aliphatic heterocycles. The Labute approximate surface area is 99.0 Å². The highest BCUT2D eigenvalue weighted by Crippen LogP contribution is 2.36. The third-order valence-electron chi connectivity index (χ3n) is 2.00. The zero-order valence-corrected chi connectivity index (χ0v) is 10.3. The number of isocyanates is 1. The molecule has 0 spiro atoms. The van der Waals surface area contributed by atoms with Crippen LogP contribution in [0.5, 0.6) is 0 Å². The average Bonchev–Trinajstić information content (AvgIpc) is 2.17. The van der Waals surface area contributed by atoms with Crippen LogP contribution in [0.1, 0.15) is 26.3 Å². The zero-order chi connectivity index (χ0) is 12.2. The van der Waals surface area contributed by atoms with Crippen LogP contribution >= 0.6 is 11.8 Å². The molecule has 0 fully saturated rings. The van der Waals surface area contributed by atoms with Gasteiger partial charge in [-0.15, -0.1) is 11.8 Å². The van der Waals surface area contributed by atoms with Crippen molar-refractivity contribution < 1.29 is 9.18 Å². The van der Waals surface area contributed by atoms with Crippen LogP contribution in [-0.4, -0.2) is 11.3 Å². The summed E-state index contributed by atoms with van der Waals surface area (Å²) < 4.78 is 14.1. The average molecular weight is 239 g/mol. The third-order valence-corrected chi connectivity index (χ3v) is 3.08. The van der Waals surface area contributed by atoms with Crippen molar-refractivity contribution in [2.45, 2.75) is 36.7 Å². The number of alkyl halides is 1. The minimum Gasteiger partial charge on any atom is -0.212 e. The van der Waals surface area contributed by atoms with E-state index in [-0.39, 0.29) is 0 Å². The normalized spacial score (nSPS) is 14.3. The fraction of sp³-hybridized carbons (Fsp3) is 0.417. The summed E-state index contributed by atoms with van der Waals surface area (Å²) in [5, 5.41) is 0.345. The van der Waals surface area contributed by atoms with Crippen LogP contribution in [0.25, 0.3) is 0 Å². The van der Waals surface area contributed by atoms with Gasteiger partial charge in [-0.25, -0.2) is 9.18 Å². The second-order valence-corrected chi connectivity index (χ2v) is 5.44. The molecule has 0 heterocycles. The SMILES string of the molecule is CC(C)Sc1ccccc1C(C)(F)N=C=O. The molecule has 0 aromatic heterocycles. The van der Waals surface area contributed by atoms with Crippen LogP contribution in [0.3, 0.4) is 0 Å². The van der Waals surface area contributed by atoms with Gasteiger partial charge < -0.3 is 0 Å². The predicted octanol–water partition coefficient (Wildman–Crippen LogP) is 3.67. The Morgan fingerprint density at radius 2 is 2.06 bits per heavy atom. The van der Waals surface area contributed by atoms with E-state index in [1.807, 2.05) is 26.0 Å². The Hall–Kier alpha value is -1.12. The van der Waals surface area contributed by atoms with Crippen molar-refractivity contribution in [1.82, 2.24) is 0 Å². The lowest BCUT2D eigenvalue weighted by Crippen LogP contribution is -2.13. The summed E-state index contributed by atoms with van der Waals surface area (Å²) in [5.74, 6) is -2.00. The Morgan fingerprint density at radius 3 is 2.62 bits per heavy atom. The monoisotopic (exact) mass is 239 g/mol. The quantitative estimate of drug-likeness (QED) is 0.347. The van der Waals surface area contributed by atoms with Gasteiger partial charge >= 0.3 is 0 Å². The molecule has 1 atom stereocenters. The summed E-state index contributed by atoms with van der Waals surface area (Å²) in [5.41, 5.74) is 0.414. The van der Waals surface area contributed by atoms with E-state index in [1.54, 1.807) is 23.9 Å². The number of halogens is 1. The summed E-state index contributed by atoms with van der Waals surface area (Å²) >= 11 is 1.55. The van der Waals surface area contributed by atoms with Crippen LogP contribution in [-0.2, 0) is 10.6 Å². The first-order valence-corrected chi connectivity index (χ1v) is 5.89. The van der Waals surface area contributed by atoms with Gasteiger partial charge in [-0.3, -0.25) is 0 Å².